The summed E-state index contributed by atoms with van der Waals surface area (Å²) >= 11 is 0. The highest BCUT2D eigenvalue weighted by molar-refractivity contribution is 6.01. The number of amides is 1. The minimum atomic E-state index is -0.422. The molecule has 0 fully saturated rings. The minimum absolute atomic E-state index is 0.151. The first-order valence-electron chi connectivity index (χ1n) is 6.65. The van der Waals surface area contributed by atoms with Crippen LogP contribution >= 0.6 is 0 Å². The van der Waals surface area contributed by atoms with Gasteiger partial charge >= 0.3 is 0 Å². The number of aryl methyl sites for hydroxylation is 2. The zero-order chi connectivity index (χ0) is 15.2. The Hall–Kier alpha value is -2.64. The molecule has 0 bridgehead atoms. The standard InChI is InChI=1S/C13H17N7O/c1-4-5-14-11-7-15-10(6-16-11)12(21)18-13-17-8(2)9(3)19-20-13/h6-7H,4-5H2,1-3H3,(H,14,16)(H,17,18,20,21). The predicted molar refractivity (Wildman–Crippen MR) is 78.1 cm³/mol. The average molecular weight is 287 g/mol. The number of hydrogen-bond donors (Lipinski definition) is 2. The van der Waals surface area contributed by atoms with Gasteiger partial charge in [0.25, 0.3) is 5.91 Å². The summed E-state index contributed by atoms with van der Waals surface area (Å²) in [5.74, 6) is 0.366. The number of nitrogens with zero attached hydrogens (tertiary/aromatic N) is 5. The molecule has 110 valence electrons. The van der Waals surface area contributed by atoms with E-state index in [4.69, 9.17) is 0 Å². The highest BCUT2D eigenvalue weighted by Crippen LogP contribution is 2.05. The fourth-order valence-electron chi connectivity index (χ4n) is 1.47. The van der Waals surface area contributed by atoms with Crippen LogP contribution in [0, 0.1) is 13.8 Å². The molecule has 21 heavy (non-hydrogen) atoms. The van der Waals surface area contributed by atoms with Gasteiger partial charge in [0.1, 0.15) is 11.5 Å². The highest BCUT2D eigenvalue weighted by Gasteiger charge is 2.11. The van der Waals surface area contributed by atoms with Gasteiger partial charge in [-0.2, -0.15) is 5.10 Å². The van der Waals surface area contributed by atoms with E-state index >= 15 is 0 Å². The van der Waals surface area contributed by atoms with Crippen molar-refractivity contribution in [1.29, 1.82) is 0 Å². The van der Waals surface area contributed by atoms with Crippen molar-refractivity contribution in [1.82, 2.24) is 25.1 Å². The van der Waals surface area contributed by atoms with E-state index in [0.717, 1.165) is 18.7 Å². The van der Waals surface area contributed by atoms with Crippen LogP contribution in [-0.2, 0) is 0 Å². The van der Waals surface area contributed by atoms with E-state index in [1.165, 1.54) is 12.4 Å². The largest absolute Gasteiger partial charge is 0.369 e. The highest BCUT2D eigenvalue weighted by atomic mass is 16.2. The Balaban J connectivity index is 2.04. The molecule has 2 rings (SSSR count). The molecule has 0 atom stereocenters. The van der Waals surface area contributed by atoms with Crippen molar-refractivity contribution in [2.75, 3.05) is 17.2 Å². The quantitative estimate of drug-likeness (QED) is 0.855. The van der Waals surface area contributed by atoms with Crippen LogP contribution < -0.4 is 10.6 Å². The van der Waals surface area contributed by atoms with E-state index in [-0.39, 0.29) is 11.6 Å². The fraction of sp³-hybridized carbons (Fsp3) is 0.385. The molecule has 2 aromatic heterocycles. The summed E-state index contributed by atoms with van der Waals surface area (Å²) in [5, 5.41) is 13.3. The third kappa shape index (κ3) is 3.91. The molecule has 2 N–H and O–H groups in total. The molecule has 2 aromatic rings. The van der Waals surface area contributed by atoms with Crippen LogP contribution in [0.2, 0.25) is 0 Å². The lowest BCUT2D eigenvalue weighted by Crippen LogP contribution is -2.17. The van der Waals surface area contributed by atoms with Crippen LogP contribution in [0.4, 0.5) is 11.8 Å². The number of nitrogens with one attached hydrogen (secondary N) is 2. The number of carbonyl (C=O) groups is 1. The SMILES string of the molecule is CCCNc1cnc(C(=O)Nc2nnc(C)c(C)n2)cn1. The summed E-state index contributed by atoms with van der Waals surface area (Å²) in [6.07, 6.45) is 3.91. The lowest BCUT2D eigenvalue weighted by molar-refractivity contribution is 0.102. The molecule has 1 amide bonds. The van der Waals surface area contributed by atoms with E-state index in [9.17, 15) is 4.79 Å². The average Bonchev–Trinajstić information content (AvgIpc) is 2.49. The van der Waals surface area contributed by atoms with Crippen molar-refractivity contribution in [2.24, 2.45) is 0 Å². The van der Waals surface area contributed by atoms with Gasteiger partial charge in [0, 0.05) is 6.54 Å². The third-order valence-corrected chi connectivity index (χ3v) is 2.76. The summed E-state index contributed by atoms with van der Waals surface area (Å²) in [4.78, 5) is 24.3. The molecular formula is C13H17N7O. The Morgan fingerprint density at radius 2 is 1.95 bits per heavy atom. The Labute approximate surface area is 122 Å². The van der Waals surface area contributed by atoms with Crippen LogP contribution in [-0.4, -0.2) is 37.6 Å². The van der Waals surface area contributed by atoms with Crippen LogP contribution in [0.3, 0.4) is 0 Å². The van der Waals surface area contributed by atoms with Crippen molar-refractivity contribution >= 4 is 17.7 Å². The lowest BCUT2D eigenvalue weighted by atomic mass is 10.4. The van der Waals surface area contributed by atoms with E-state index in [0.29, 0.717) is 11.5 Å². The summed E-state index contributed by atoms with van der Waals surface area (Å²) in [7, 11) is 0. The van der Waals surface area contributed by atoms with Gasteiger partial charge in [0.15, 0.2) is 0 Å². The first kappa shape index (κ1) is 14.8. The van der Waals surface area contributed by atoms with Crippen molar-refractivity contribution in [3.05, 3.63) is 29.5 Å². The van der Waals surface area contributed by atoms with Crippen molar-refractivity contribution in [2.45, 2.75) is 27.2 Å². The topological polar surface area (TPSA) is 106 Å². The molecule has 0 aliphatic carbocycles. The monoisotopic (exact) mass is 287 g/mol. The van der Waals surface area contributed by atoms with E-state index in [1.807, 2.05) is 0 Å². The van der Waals surface area contributed by atoms with Gasteiger partial charge in [0.2, 0.25) is 5.95 Å². The second-order valence-electron chi connectivity index (χ2n) is 4.47. The Kier molecular flexibility index (Phi) is 4.70. The molecule has 8 heteroatoms. The van der Waals surface area contributed by atoms with Crippen LogP contribution in [0.15, 0.2) is 12.4 Å². The van der Waals surface area contributed by atoms with E-state index < -0.39 is 5.91 Å². The second kappa shape index (κ2) is 6.69. The molecule has 0 aliphatic rings. The molecule has 0 aliphatic heterocycles. The molecule has 0 radical (unpaired) electrons. The van der Waals surface area contributed by atoms with Gasteiger partial charge < -0.3 is 5.32 Å². The van der Waals surface area contributed by atoms with Crippen molar-refractivity contribution in [3.8, 4) is 0 Å². The molecule has 0 aromatic carbocycles. The van der Waals surface area contributed by atoms with E-state index in [2.05, 4.69) is 42.7 Å². The maximum Gasteiger partial charge on any atom is 0.278 e. The first-order chi connectivity index (χ1) is 10.1. The Bertz CT molecular complexity index is 627. The van der Waals surface area contributed by atoms with Crippen LogP contribution in [0.5, 0.6) is 0 Å². The number of carbonyl (C=O) groups excluding carboxylic acids is 1. The predicted octanol–water partition coefficient (Wildman–Crippen LogP) is 1.35. The summed E-state index contributed by atoms with van der Waals surface area (Å²) in [6, 6.07) is 0. The number of anilines is 2. The van der Waals surface area contributed by atoms with Gasteiger partial charge in [-0.3, -0.25) is 10.1 Å². The second-order valence-corrected chi connectivity index (χ2v) is 4.47. The molecule has 0 saturated carbocycles. The van der Waals surface area contributed by atoms with Crippen molar-refractivity contribution < 1.29 is 4.79 Å². The van der Waals surface area contributed by atoms with Gasteiger partial charge in [0.05, 0.1) is 23.8 Å². The van der Waals surface area contributed by atoms with Gasteiger partial charge in [-0.15, -0.1) is 5.10 Å². The van der Waals surface area contributed by atoms with Crippen molar-refractivity contribution in [3.63, 3.8) is 0 Å². The minimum Gasteiger partial charge on any atom is -0.369 e. The first-order valence-corrected chi connectivity index (χ1v) is 6.65. The number of rotatable bonds is 5. The molecular weight excluding hydrogens is 270 g/mol. The summed E-state index contributed by atoms with van der Waals surface area (Å²) in [6.45, 7) is 6.46. The van der Waals surface area contributed by atoms with Gasteiger partial charge in [-0.1, -0.05) is 6.92 Å². The number of aromatic nitrogens is 5. The molecule has 2 heterocycles. The Morgan fingerprint density at radius 1 is 1.14 bits per heavy atom. The van der Waals surface area contributed by atoms with E-state index in [1.54, 1.807) is 13.8 Å². The Morgan fingerprint density at radius 3 is 2.57 bits per heavy atom. The normalized spacial score (nSPS) is 10.2. The molecule has 0 spiro atoms. The third-order valence-electron chi connectivity index (χ3n) is 2.76. The summed E-state index contributed by atoms with van der Waals surface area (Å²) in [5.41, 5.74) is 1.63. The fourth-order valence-corrected chi connectivity index (χ4v) is 1.47. The maximum atomic E-state index is 12.0. The zero-order valence-electron chi connectivity index (χ0n) is 12.2. The van der Waals surface area contributed by atoms with Crippen LogP contribution in [0.25, 0.3) is 0 Å². The summed E-state index contributed by atoms with van der Waals surface area (Å²) < 4.78 is 0. The van der Waals surface area contributed by atoms with Gasteiger partial charge in [-0.25, -0.2) is 15.0 Å². The zero-order valence-corrected chi connectivity index (χ0v) is 12.2. The number of hydrogen-bond acceptors (Lipinski definition) is 7. The smallest absolute Gasteiger partial charge is 0.278 e. The molecule has 8 nitrogen and oxygen atoms in total. The van der Waals surface area contributed by atoms with Crippen LogP contribution in [0.1, 0.15) is 35.2 Å². The van der Waals surface area contributed by atoms with Gasteiger partial charge in [-0.05, 0) is 20.3 Å². The molecule has 0 saturated heterocycles. The maximum absolute atomic E-state index is 12.0. The lowest BCUT2D eigenvalue weighted by Gasteiger charge is -2.05. The molecule has 0 unspecified atom stereocenters.